The van der Waals surface area contributed by atoms with E-state index in [-0.39, 0.29) is 16.2 Å². The minimum Gasteiger partial charge on any atom is -0.494 e. The van der Waals surface area contributed by atoms with Gasteiger partial charge in [-0.25, -0.2) is 0 Å². The van der Waals surface area contributed by atoms with E-state index in [0.717, 1.165) is 121 Å². The predicted octanol–water partition coefficient (Wildman–Crippen LogP) is 31.6. The van der Waals surface area contributed by atoms with Gasteiger partial charge in [0.2, 0.25) is 0 Å². The number of ether oxygens (including phenoxy) is 2. The van der Waals surface area contributed by atoms with Crippen LogP contribution in [-0.2, 0) is 16.2 Å². The maximum atomic E-state index is 6.21. The Morgan fingerprint density at radius 3 is 0.884 bits per heavy atom. The van der Waals surface area contributed by atoms with Crippen molar-refractivity contribution >= 4 is 46.3 Å². The summed E-state index contributed by atoms with van der Waals surface area (Å²) in [5.74, 6) is 1.82. The summed E-state index contributed by atoms with van der Waals surface area (Å²) in [6, 6.07) is 145. The quantitative estimate of drug-likeness (QED) is 0.0419. The first-order chi connectivity index (χ1) is 59.6. The molecule has 4 nitrogen and oxygen atoms in total. The molecule has 0 aliphatic heterocycles. The molecular weight excluding hydrogens is 1470 g/mol. The molecule has 121 heavy (non-hydrogen) atoms. The van der Waals surface area contributed by atoms with Crippen LogP contribution in [0.2, 0.25) is 0 Å². The van der Waals surface area contributed by atoms with E-state index < -0.39 is 0 Å². The molecule has 16 aromatic carbocycles. The molecule has 0 amide bonds. The summed E-state index contributed by atoms with van der Waals surface area (Å²) in [6.45, 7) is 14.0. The highest BCUT2D eigenvalue weighted by molar-refractivity contribution is 5.92. The highest BCUT2D eigenvalue weighted by atomic mass is 16.5. The SMILES string of the molecule is C=Cc1ccc(OCCCCCCC2(c3ccccc3)c3ccccc3-c3ccc(N(c4ccc(-c5ccccc5)cc4)c4ccc(-c5ccc6c(c5)C(C)(C)c5cc(-c7ccc(N(c8ccc(-c9ccccc9)cc8)c8ccc9c(c8)C(CCCCCCOc8ccc(C=C)cc8)(c8ccccc8)c8ccccc8-9)cc7)ccc5-6)cc4)cc32)cc1. The van der Waals surface area contributed by atoms with Crippen LogP contribution in [0.5, 0.6) is 11.5 Å². The summed E-state index contributed by atoms with van der Waals surface area (Å²) >= 11 is 0. The highest BCUT2D eigenvalue weighted by Crippen LogP contribution is 2.59. The first kappa shape index (κ1) is 77.1. The lowest BCUT2D eigenvalue weighted by Crippen LogP contribution is -2.27. The monoisotopic (exact) mass is 1560 g/mol. The fourth-order valence-corrected chi connectivity index (χ4v) is 19.8. The summed E-state index contributed by atoms with van der Waals surface area (Å²) in [5, 5.41) is 0. The predicted molar refractivity (Wildman–Crippen MR) is 509 cm³/mol. The van der Waals surface area contributed by atoms with Gasteiger partial charge in [0.25, 0.3) is 0 Å². The van der Waals surface area contributed by atoms with E-state index in [0.29, 0.717) is 13.2 Å². The normalized spacial score (nSPS) is 14.8. The zero-order valence-electron chi connectivity index (χ0n) is 69.2. The minimum absolute atomic E-state index is 0.269. The Hall–Kier alpha value is -13.8. The zero-order valence-corrected chi connectivity index (χ0v) is 69.2. The standard InChI is InChI=1S/C117H100N2O2/c1-5-83-43-67-101(68-44-83)120-77-29-9-7-27-75-116(93-35-19-13-20-36-93)109-41-25-23-39-103(109)107-73-65-99(81-113(107)116)118(95-57-47-87(48-58-95)85-31-15-11-16-32-85)97-61-51-89(52-62-97)91-55-71-105-106-72-56-92(80-112(106)115(3,4)111(105)79-91)90-53-63-98(64-54-90)119(96-59-49-88(50-60-96)86-33-17-12-18-34-86)100-66-74-108-104-40-24-26-42-110(104)117(114(108)82-100,94-37-21-14-22-38-94)76-28-8-10-30-78-121-102-69-45-84(6-2)46-70-102/h5-6,11-26,31-74,79-82H,1-2,7-10,27-30,75-78H2,3-4H3. The van der Waals surface area contributed by atoms with E-state index in [4.69, 9.17) is 9.47 Å². The number of anilines is 6. The molecule has 590 valence electrons. The van der Waals surface area contributed by atoms with Crippen LogP contribution >= 0.6 is 0 Å². The van der Waals surface area contributed by atoms with E-state index in [2.05, 4.69) is 401 Å². The Labute approximate surface area is 714 Å². The van der Waals surface area contributed by atoms with Crippen LogP contribution in [0, 0.1) is 0 Å². The number of hydrogen-bond acceptors (Lipinski definition) is 4. The molecule has 2 atom stereocenters. The summed E-state index contributed by atoms with van der Waals surface area (Å²) in [6.07, 6.45) is 14.2. The van der Waals surface area contributed by atoms with Crippen LogP contribution in [0.4, 0.5) is 34.1 Å². The van der Waals surface area contributed by atoms with Crippen molar-refractivity contribution in [1.29, 1.82) is 0 Å². The van der Waals surface area contributed by atoms with Crippen LogP contribution < -0.4 is 19.3 Å². The molecule has 3 aliphatic carbocycles. The lowest BCUT2D eigenvalue weighted by atomic mass is 9.69. The summed E-state index contributed by atoms with van der Waals surface area (Å²) in [5.41, 5.74) is 36.0. The maximum absolute atomic E-state index is 6.21. The average Bonchev–Trinajstić information content (AvgIpc) is 1.56. The third-order valence-corrected chi connectivity index (χ3v) is 26.0. The van der Waals surface area contributed by atoms with Crippen molar-refractivity contribution < 1.29 is 9.47 Å². The molecule has 0 fully saturated rings. The Kier molecular flexibility index (Phi) is 21.6. The average molecular weight is 1570 g/mol. The van der Waals surface area contributed by atoms with Gasteiger partial charge >= 0.3 is 0 Å². The molecule has 0 spiro atoms. The number of hydrogen-bond donors (Lipinski definition) is 0. The molecule has 0 bridgehead atoms. The van der Waals surface area contributed by atoms with Crippen molar-refractivity contribution in [3.63, 3.8) is 0 Å². The van der Waals surface area contributed by atoms with Crippen molar-refractivity contribution in [2.75, 3.05) is 23.0 Å². The van der Waals surface area contributed by atoms with Crippen molar-refractivity contribution in [1.82, 2.24) is 0 Å². The highest BCUT2D eigenvalue weighted by Gasteiger charge is 2.46. The third-order valence-electron chi connectivity index (χ3n) is 26.0. The lowest BCUT2D eigenvalue weighted by molar-refractivity contribution is 0.303. The van der Waals surface area contributed by atoms with Gasteiger partial charge in [0.05, 0.1) is 13.2 Å². The number of fused-ring (bicyclic) bond motifs is 9. The Morgan fingerprint density at radius 2 is 0.521 bits per heavy atom. The van der Waals surface area contributed by atoms with E-state index in [1.165, 1.54) is 122 Å². The van der Waals surface area contributed by atoms with Crippen molar-refractivity contribution in [2.24, 2.45) is 0 Å². The zero-order chi connectivity index (χ0) is 81.7. The first-order valence-corrected chi connectivity index (χ1v) is 43.4. The minimum atomic E-state index is -0.355. The number of nitrogens with zero attached hydrogens (tertiary/aromatic N) is 2. The van der Waals surface area contributed by atoms with Crippen LogP contribution in [-0.4, -0.2) is 13.2 Å². The topological polar surface area (TPSA) is 24.9 Å². The van der Waals surface area contributed by atoms with E-state index in [1.807, 2.05) is 36.4 Å². The van der Waals surface area contributed by atoms with Gasteiger partial charge in [-0.15, -0.1) is 0 Å². The summed E-state index contributed by atoms with van der Waals surface area (Å²) < 4.78 is 12.4. The Bertz CT molecular complexity index is 5970. The van der Waals surface area contributed by atoms with Gasteiger partial charge < -0.3 is 19.3 Å². The van der Waals surface area contributed by atoms with Crippen LogP contribution in [0.3, 0.4) is 0 Å². The Morgan fingerprint density at radius 1 is 0.240 bits per heavy atom. The van der Waals surface area contributed by atoms with Gasteiger partial charge in [-0.3, -0.25) is 0 Å². The molecule has 0 aromatic heterocycles. The second-order valence-electron chi connectivity index (χ2n) is 33.4. The summed E-state index contributed by atoms with van der Waals surface area (Å²) in [4.78, 5) is 4.93. The number of unbranched alkanes of at least 4 members (excludes halogenated alkanes) is 6. The first-order valence-electron chi connectivity index (χ1n) is 43.4. The molecule has 0 saturated heterocycles. The molecular formula is C117H100N2O2. The molecule has 4 heteroatoms. The molecule has 0 radical (unpaired) electrons. The van der Waals surface area contributed by atoms with Crippen molar-refractivity contribution in [2.45, 2.75) is 94.3 Å². The van der Waals surface area contributed by atoms with Crippen molar-refractivity contribution in [3.8, 4) is 89.4 Å². The maximum Gasteiger partial charge on any atom is 0.119 e. The second-order valence-corrected chi connectivity index (χ2v) is 33.4. The van der Waals surface area contributed by atoms with Gasteiger partial charge in [0.15, 0.2) is 0 Å². The molecule has 0 saturated carbocycles. The lowest BCUT2D eigenvalue weighted by Gasteiger charge is -2.34. The largest absolute Gasteiger partial charge is 0.494 e. The fraction of sp³-hybridized carbons (Fsp3) is 0.145. The smallest absolute Gasteiger partial charge is 0.119 e. The third kappa shape index (κ3) is 14.9. The van der Waals surface area contributed by atoms with E-state index in [1.54, 1.807) is 0 Å². The summed E-state index contributed by atoms with van der Waals surface area (Å²) in [7, 11) is 0. The van der Waals surface area contributed by atoms with Crippen molar-refractivity contribution in [3.05, 3.63) is 457 Å². The van der Waals surface area contributed by atoms with Crippen LogP contribution in [0.1, 0.15) is 134 Å². The van der Waals surface area contributed by atoms with E-state index >= 15 is 0 Å². The van der Waals surface area contributed by atoms with Gasteiger partial charge in [-0.05, 0) is 268 Å². The van der Waals surface area contributed by atoms with Gasteiger partial charge in [0.1, 0.15) is 11.5 Å². The molecule has 3 aliphatic rings. The van der Waals surface area contributed by atoms with Crippen LogP contribution in [0.15, 0.2) is 401 Å². The molecule has 0 heterocycles. The molecule has 16 aromatic rings. The fourth-order valence-electron chi connectivity index (χ4n) is 19.8. The van der Waals surface area contributed by atoms with Gasteiger partial charge in [-0.2, -0.15) is 0 Å². The van der Waals surface area contributed by atoms with E-state index in [9.17, 15) is 0 Å². The Balaban J connectivity index is 0.609. The van der Waals surface area contributed by atoms with Gasteiger partial charge in [0, 0.05) is 50.4 Å². The number of rotatable bonds is 30. The second kappa shape index (κ2) is 33.9. The van der Waals surface area contributed by atoms with Crippen LogP contribution in [0.25, 0.3) is 90.0 Å². The molecule has 19 rings (SSSR count). The van der Waals surface area contributed by atoms with Gasteiger partial charge in [-0.1, -0.05) is 357 Å². The molecule has 0 N–H and O–H groups in total. The number of benzene rings is 16. The molecule has 2 unspecified atom stereocenters.